The molecular formula is C20H25ClO4S2. The minimum absolute atomic E-state index is 0.163. The summed E-state index contributed by atoms with van der Waals surface area (Å²) in [5.41, 5.74) is 0.981. The lowest BCUT2D eigenvalue weighted by atomic mass is 10.1. The number of ether oxygens (including phenoxy) is 1. The molecule has 0 amide bonds. The summed E-state index contributed by atoms with van der Waals surface area (Å²) < 4.78 is 32.4. The predicted molar refractivity (Wildman–Crippen MR) is 112 cm³/mol. The second kappa shape index (κ2) is 11.0. The van der Waals surface area contributed by atoms with Crippen LogP contribution in [0.15, 0.2) is 52.3 Å². The molecule has 2 aromatic rings. The van der Waals surface area contributed by atoms with Crippen LogP contribution in [-0.2, 0) is 20.7 Å². The average molecular weight is 429 g/mol. The van der Waals surface area contributed by atoms with E-state index in [4.69, 9.17) is 20.5 Å². The van der Waals surface area contributed by atoms with Crippen molar-refractivity contribution in [3.05, 3.63) is 53.1 Å². The van der Waals surface area contributed by atoms with Crippen LogP contribution in [-0.4, -0.2) is 27.9 Å². The van der Waals surface area contributed by atoms with E-state index < -0.39 is 10.1 Å². The van der Waals surface area contributed by atoms with Gasteiger partial charge in [0.1, 0.15) is 5.75 Å². The van der Waals surface area contributed by atoms with Gasteiger partial charge in [-0.2, -0.15) is 8.42 Å². The van der Waals surface area contributed by atoms with Gasteiger partial charge < -0.3 is 4.74 Å². The monoisotopic (exact) mass is 428 g/mol. The molecule has 0 saturated heterocycles. The molecule has 0 unspecified atom stereocenters. The first-order valence-electron chi connectivity index (χ1n) is 8.91. The van der Waals surface area contributed by atoms with Crippen LogP contribution in [0.4, 0.5) is 0 Å². The Hall–Kier alpha value is -1.21. The molecule has 0 aliphatic rings. The fraction of sp³-hybridized carbons (Fsp3) is 0.400. The third-order valence-corrected chi connectivity index (χ3v) is 5.65. The van der Waals surface area contributed by atoms with E-state index in [2.05, 4.69) is 6.92 Å². The fourth-order valence-electron chi connectivity index (χ4n) is 2.37. The van der Waals surface area contributed by atoms with Crippen molar-refractivity contribution < 1.29 is 17.3 Å². The van der Waals surface area contributed by atoms with Crippen LogP contribution in [0.5, 0.6) is 5.75 Å². The first-order chi connectivity index (χ1) is 12.9. The van der Waals surface area contributed by atoms with E-state index >= 15 is 0 Å². The van der Waals surface area contributed by atoms with Gasteiger partial charge in [-0.3, -0.25) is 4.18 Å². The molecule has 148 valence electrons. The standard InChI is InChI=1S/C20H25ClO4S2/c1-3-4-12-24-17-8-5-9-18(14-17)26-19-11-10-16(20(21)15-19)7-6-13-25-27(2,22)23/h5,8-11,14-15H,3-4,6-7,12-13H2,1-2H3. The van der Waals surface area contributed by atoms with Crippen LogP contribution in [0, 0.1) is 0 Å². The zero-order valence-electron chi connectivity index (χ0n) is 15.6. The van der Waals surface area contributed by atoms with Crippen molar-refractivity contribution >= 4 is 33.5 Å². The lowest BCUT2D eigenvalue weighted by molar-refractivity contribution is 0.308. The number of rotatable bonds is 11. The maximum absolute atomic E-state index is 11.0. The quantitative estimate of drug-likeness (QED) is 0.345. The van der Waals surface area contributed by atoms with E-state index in [-0.39, 0.29) is 6.61 Å². The first kappa shape index (κ1) is 22.1. The number of halogens is 1. The van der Waals surface area contributed by atoms with Crippen LogP contribution in [0.3, 0.4) is 0 Å². The smallest absolute Gasteiger partial charge is 0.264 e. The summed E-state index contributed by atoms with van der Waals surface area (Å²) >= 11 is 8.01. The van der Waals surface area contributed by atoms with Crippen molar-refractivity contribution in [2.24, 2.45) is 0 Å². The van der Waals surface area contributed by atoms with Crippen LogP contribution >= 0.6 is 23.4 Å². The molecule has 0 spiro atoms. The van der Waals surface area contributed by atoms with Gasteiger partial charge in [-0.1, -0.05) is 48.8 Å². The van der Waals surface area contributed by atoms with E-state index in [1.54, 1.807) is 11.8 Å². The van der Waals surface area contributed by atoms with Crippen LogP contribution in [0.1, 0.15) is 31.7 Å². The summed E-state index contributed by atoms with van der Waals surface area (Å²) in [6.45, 7) is 3.03. The number of unbranched alkanes of at least 4 members (excludes halogenated alkanes) is 1. The minimum Gasteiger partial charge on any atom is -0.494 e. The van der Waals surface area contributed by atoms with E-state index in [9.17, 15) is 8.42 Å². The van der Waals surface area contributed by atoms with Crippen molar-refractivity contribution in [1.82, 2.24) is 0 Å². The SMILES string of the molecule is CCCCOc1cccc(Sc2ccc(CCCOS(C)(=O)=O)c(Cl)c2)c1. The summed E-state index contributed by atoms with van der Waals surface area (Å²) in [4.78, 5) is 2.14. The predicted octanol–water partition coefficient (Wildman–Crippen LogP) is 5.58. The Labute approximate surface area is 171 Å². The number of hydrogen-bond acceptors (Lipinski definition) is 5. The Balaban J connectivity index is 1.92. The van der Waals surface area contributed by atoms with Crippen LogP contribution in [0.2, 0.25) is 5.02 Å². The number of aryl methyl sites for hydroxylation is 1. The fourth-order valence-corrected chi connectivity index (χ4v) is 4.03. The summed E-state index contributed by atoms with van der Waals surface area (Å²) in [5.74, 6) is 0.877. The Kier molecular flexibility index (Phi) is 8.96. The molecule has 7 heteroatoms. The van der Waals surface area contributed by atoms with Gasteiger partial charge in [-0.25, -0.2) is 0 Å². The molecule has 0 bridgehead atoms. The van der Waals surface area contributed by atoms with E-state index in [1.165, 1.54) is 0 Å². The highest BCUT2D eigenvalue weighted by Gasteiger charge is 2.06. The molecule has 0 atom stereocenters. The third-order valence-electron chi connectivity index (χ3n) is 3.72. The summed E-state index contributed by atoms with van der Waals surface area (Å²) in [6, 6.07) is 14.0. The molecule has 2 rings (SSSR count). The minimum atomic E-state index is -3.39. The van der Waals surface area contributed by atoms with Gasteiger partial charge in [0.25, 0.3) is 10.1 Å². The lowest BCUT2D eigenvalue weighted by Crippen LogP contribution is -2.05. The highest BCUT2D eigenvalue weighted by Crippen LogP contribution is 2.33. The van der Waals surface area contributed by atoms with Crippen molar-refractivity contribution in [2.45, 2.75) is 42.4 Å². The Morgan fingerprint density at radius 3 is 2.52 bits per heavy atom. The largest absolute Gasteiger partial charge is 0.494 e. The second-order valence-corrected chi connectivity index (χ2v) is 9.36. The molecule has 27 heavy (non-hydrogen) atoms. The highest BCUT2D eigenvalue weighted by molar-refractivity contribution is 7.99. The molecule has 0 aliphatic heterocycles. The Bertz CT molecular complexity index is 838. The van der Waals surface area contributed by atoms with Crippen molar-refractivity contribution in [2.75, 3.05) is 19.5 Å². The van der Waals surface area contributed by atoms with Gasteiger partial charge in [0.2, 0.25) is 0 Å². The Morgan fingerprint density at radius 2 is 1.81 bits per heavy atom. The summed E-state index contributed by atoms with van der Waals surface area (Å²) in [5, 5.41) is 0.676. The second-order valence-electron chi connectivity index (χ2n) is 6.16. The molecule has 2 aromatic carbocycles. The molecule has 4 nitrogen and oxygen atoms in total. The first-order valence-corrected chi connectivity index (χ1v) is 11.9. The number of hydrogen-bond donors (Lipinski definition) is 0. The summed E-state index contributed by atoms with van der Waals surface area (Å²) in [6.07, 6.45) is 4.47. The molecule has 0 aromatic heterocycles. The number of benzene rings is 2. The van der Waals surface area contributed by atoms with Gasteiger partial charge >= 0.3 is 0 Å². The topological polar surface area (TPSA) is 52.6 Å². The van der Waals surface area contributed by atoms with E-state index in [0.717, 1.165) is 46.8 Å². The van der Waals surface area contributed by atoms with Gasteiger partial charge in [0.05, 0.1) is 19.5 Å². The van der Waals surface area contributed by atoms with E-state index in [0.29, 0.717) is 17.9 Å². The molecule has 0 fully saturated rings. The van der Waals surface area contributed by atoms with Gasteiger partial charge in [0.15, 0.2) is 0 Å². The van der Waals surface area contributed by atoms with Crippen molar-refractivity contribution in [3.8, 4) is 5.75 Å². The average Bonchev–Trinajstić information content (AvgIpc) is 2.60. The zero-order chi connectivity index (χ0) is 19.7. The molecule has 0 radical (unpaired) electrons. The normalized spacial score (nSPS) is 11.5. The Morgan fingerprint density at radius 1 is 1.04 bits per heavy atom. The third kappa shape index (κ3) is 8.56. The molecule has 0 heterocycles. The summed E-state index contributed by atoms with van der Waals surface area (Å²) in [7, 11) is -3.39. The van der Waals surface area contributed by atoms with Gasteiger partial charge in [0, 0.05) is 14.8 Å². The van der Waals surface area contributed by atoms with Crippen LogP contribution < -0.4 is 4.74 Å². The maximum Gasteiger partial charge on any atom is 0.264 e. The van der Waals surface area contributed by atoms with Crippen molar-refractivity contribution in [1.29, 1.82) is 0 Å². The van der Waals surface area contributed by atoms with Crippen molar-refractivity contribution in [3.63, 3.8) is 0 Å². The maximum atomic E-state index is 11.0. The zero-order valence-corrected chi connectivity index (χ0v) is 18.0. The lowest BCUT2D eigenvalue weighted by Gasteiger charge is -2.09. The molecule has 0 aliphatic carbocycles. The van der Waals surface area contributed by atoms with Gasteiger partial charge in [-0.15, -0.1) is 0 Å². The molecule has 0 saturated carbocycles. The molecular weight excluding hydrogens is 404 g/mol. The molecule has 0 N–H and O–H groups in total. The van der Waals surface area contributed by atoms with Crippen LogP contribution in [0.25, 0.3) is 0 Å². The highest BCUT2D eigenvalue weighted by atomic mass is 35.5. The van der Waals surface area contributed by atoms with Gasteiger partial charge in [-0.05, 0) is 55.2 Å². The van der Waals surface area contributed by atoms with E-state index in [1.807, 2.05) is 42.5 Å².